The first kappa shape index (κ1) is 9.92. The number of nitrogens with one attached hydrogen (secondary N) is 2. The van der Waals surface area contributed by atoms with Crippen molar-refractivity contribution < 1.29 is 4.74 Å². The summed E-state index contributed by atoms with van der Waals surface area (Å²) >= 11 is 0. The van der Waals surface area contributed by atoms with E-state index in [4.69, 9.17) is 4.74 Å². The van der Waals surface area contributed by atoms with Crippen LogP contribution >= 0.6 is 0 Å². The summed E-state index contributed by atoms with van der Waals surface area (Å²) in [5, 5.41) is 0. The first-order chi connectivity index (χ1) is 7.45. The molecule has 0 aliphatic carbocycles. The number of hydrogen-bond donors (Lipinski definition) is 2. The van der Waals surface area contributed by atoms with E-state index in [1.807, 2.05) is 12.4 Å². The highest BCUT2D eigenvalue weighted by molar-refractivity contribution is 4.87. The van der Waals surface area contributed by atoms with Gasteiger partial charge in [0.25, 0.3) is 0 Å². The molecule has 2 heterocycles. The summed E-state index contributed by atoms with van der Waals surface area (Å²) in [5.74, 6) is 1.93. The molecule has 2 aromatic rings. The van der Waals surface area contributed by atoms with Crippen molar-refractivity contribution in [2.24, 2.45) is 0 Å². The normalized spacial score (nSPS) is 10.7. The molecular weight excluding hydrogens is 192 g/mol. The fraction of sp³-hybridized carbons (Fsp3) is 0.400. The van der Waals surface area contributed by atoms with Gasteiger partial charge in [0.1, 0.15) is 11.6 Å². The molecule has 5 nitrogen and oxygen atoms in total. The van der Waals surface area contributed by atoms with Gasteiger partial charge < -0.3 is 14.7 Å². The Morgan fingerprint density at radius 3 is 1.87 bits per heavy atom. The molecule has 0 aliphatic rings. The predicted octanol–water partition coefficient (Wildman–Crippen LogP) is 0.935. The molecule has 0 unspecified atom stereocenters. The molecule has 2 rings (SSSR count). The number of nitrogens with zero attached hydrogens (tertiary/aromatic N) is 2. The van der Waals surface area contributed by atoms with E-state index in [-0.39, 0.29) is 0 Å². The summed E-state index contributed by atoms with van der Waals surface area (Å²) in [6.45, 7) is 1.38. The van der Waals surface area contributed by atoms with E-state index in [1.165, 1.54) is 0 Å². The van der Waals surface area contributed by atoms with Crippen molar-refractivity contribution in [1.29, 1.82) is 0 Å². The van der Waals surface area contributed by atoms with Crippen LogP contribution in [0.2, 0.25) is 0 Å². The van der Waals surface area contributed by atoms with Crippen LogP contribution in [0.15, 0.2) is 24.8 Å². The number of H-pyrrole nitrogens is 2. The van der Waals surface area contributed by atoms with Gasteiger partial charge in [-0.1, -0.05) is 0 Å². The number of aromatic amines is 2. The average Bonchev–Trinajstić information content (AvgIpc) is 2.88. The van der Waals surface area contributed by atoms with Crippen molar-refractivity contribution in [3.63, 3.8) is 0 Å². The summed E-state index contributed by atoms with van der Waals surface area (Å²) < 4.78 is 5.46. The molecule has 0 bridgehead atoms. The minimum Gasteiger partial charge on any atom is -0.381 e. The number of hydrogen-bond acceptors (Lipinski definition) is 3. The van der Waals surface area contributed by atoms with E-state index in [0.717, 1.165) is 24.5 Å². The fourth-order valence-electron chi connectivity index (χ4n) is 1.31. The van der Waals surface area contributed by atoms with Gasteiger partial charge in [-0.25, -0.2) is 9.97 Å². The highest BCUT2D eigenvalue weighted by atomic mass is 16.5. The van der Waals surface area contributed by atoms with Crippen LogP contribution in [0.5, 0.6) is 0 Å². The van der Waals surface area contributed by atoms with E-state index < -0.39 is 0 Å². The molecule has 15 heavy (non-hydrogen) atoms. The molecule has 5 heteroatoms. The Kier molecular flexibility index (Phi) is 3.51. The van der Waals surface area contributed by atoms with Gasteiger partial charge in [-0.3, -0.25) is 0 Å². The first-order valence-corrected chi connectivity index (χ1v) is 4.99. The molecule has 0 amide bonds. The van der Waals surface area contributed by atoms with Crippen LogP contribution in [-0.2, 0) is 17.6 Å². The number of ether oxygens (including phenoxy) is 1. The van der Waals surface area contributed by atoms with Crippen LogP contribution < -0.4 is 0 Å². The Morgan fingerprint density at radius 2 is 1.47 bits per heavy atom. The third kappa shape index (κ3) is 3.21. The van der Waals surface area contributed by atoms with Crippen LogP contribution in [-0.4, -0.2) is 33.1 Å². The molecule has 0 fully saturated rings. The van der Waals surface area contributed by atoms with Gasteiger partial charge in [0, 0.05) is 37.6 Å². The first-order valence-electron chi connectivity index (χ1n) is 4.99. The summed E-state index contributed by atoms with van der Waals surface area (Å²) in [6.07, 6.45) is 8.78. The Bertz CT molecular complexity index is 318. The van der Waals surface area contributed by atoms with Crippen LogP contribution in [0.1, 0.15) is 11.6 Å². The van der Waals surface area contributed by atoms with Gasteiger partial charge >= 0.3 is 0 Å². The molecule has 80 valence electrons. The fourth-order valence-corrected chi connectivity index (χ4v) is 1.31. The van der Waals surface area contributed by atoms with Crippen molar-refractivity contribution in [2.75, 3.05) is 13.2 Å². The zero-order chi connectivity index (χ0) is 10.3. The van der Waals surface area contributed by atoms with Crippen molar-refractivity contribution in [1.82, 2.24) is 19.9 Å². The molecular formula is C10H14N4O. The maximum Gasteiger partial charge on any atom is 0.108 e. The lowest BCUT2D eigenvalue weighted by Gasteiger charge is -2.00. The van der Waals surface area contributed by atoms with Crippen molar-refractivity contribution in [2.45, 2.75) is 12.8 Å². The van der Waals surface area contributed by atoms with E-state index in [2.05, 4.69) is 19.9 Å². The molecule has 0 aromatic carbocycles. The average molecular weight is 206 g/mol. The third-order valence-electron chi connectivity index (χ3n) is 2.08. The largest absolute Gasteiger partial charge is 0.381 e. The van der Waals surface area contributed by atoms with Crippen molar-refractivity contribution >= 4 is 0 Å². The van der Waals surface area contributed by atoms with Crippen LogP contribution in [0.4, 0.5) is 0 Å². The van der Waals surface area contributed by atoms with Crippen molar-refractivity contribution in [3.8, 4) is 0 Å². The second-order valence-electron chi connectivity index (χ2n) is 3.18. The highest BCUT2D eigenvalue weighted by Gasteiger charge is 1.96. The summed E-state index contributed by atoms with van der Waals surface area (Å²) in [5.41, 5.74) is 0. The molecule has 0 radical (unpaired) electrons. The van der Waals surface area contributed by atoms with E-state index in [9.17, 15) is 0 Å². The van der Waals surface area contributed by atoms with Gasteiger partial charge in [-0.05, 0) is 0 Å². The lowest BCUT2D eigenvalue weighted by Crippen LogP contribution is -2.04. The van der Waals surface area contributed by atoms with Gasteiger partial charge in [0.2, 0.25) is 0 Å². The Morgan fingerprint density at radius 1 is 0.933 bits per heavy atom. The molecule has 2 N–H and O–H groups in total. The topological polar surface area (TPSA) is 66.6 Å². The van der Waals surface area contributed by atoms with Gasteiger partial charge in [-0.15, -0.1) is 0 Å². The summed E-state index contributed by atoms with van der Waals surface area (Å²) in [7, 11) is 0. The summed E-state index contributed by atoms with van der Waals surface area (Å²) in [4.78, 5) is 14.3. The number of rotatable bonds is 6. The minimum absolute atomic E-state index is 0.689. The van der Waals surface area contributed by atoms with Crippen LogP contribution in [0.3, 0.4) is 0 Å². The lowest BCUT2D eigenvalue weighted by molar-refractivity contribution is 0.138. The lowest BCUT2D eigenvalue weighted by atomic mass is 10.4. The molecule has 0 spiro atoms. The third-order valence-corrected chi connectivity index (χ3v) is 2.08. The quantitative estimate of drug-likeness (QED) is 0.691. The number of aromatic nitrogens is 4. The zero-order valence-corrected chi connectivity index (χ0v) is 8.44. The van der Waals surface area contributed by atoms with Gasteiger partial charge in [-0.2, -0.15) is 0 Å². The standard InChI is InChI=1S/C10H14N4O/c1(9-11-3-4-12-9)7-15-8-2-10-13-5-6-14-10/h3-6H,1-2,7-8H2,(H,11,12)(H,13,14). The van der Waals surface area contributed by atoms with Crippen molar-refractivity contribution in [3.05, 3.63) is 36.4 Å². The minimum atomic E-state index is 0.689. The molecule has 2 aromatic heterocycles. The SMILES string of the molecule is c1c[nH]c(CCOCCc2ncc[nH]2)n1. The van der Waals surface area contributed by atoms with E-state index in [1.54, 1.807) is 12.4 Å². The Balaban J connectivity index is 1.56. The zero-order valence-electron chi connectivity index (χ0n) is 8.44. The smallest absolute Gasteiger partial charge is 0.108 e. The van der Waals surface area contributed by atoms with Crippen LogP contribution in [0.25, 0.3) is 0 Å². The predicted molar refractivity (Wildman–Crippen MR) is 55.4 cm³/mol. The summed E-state index contributed by atoms with van der Waals surface area (Å²) in [6, 6.07) is 0. The maximum atomic E-state index is 5.46. The van der Waals surface area contributed by atoms with Crippen LogP contribution in [0, 0.1) is 0 Å². The van der Waals surface area contributed by atoms with Gasteiger partial charge in [0.15, 0.2) is 0 Å². The van der Waals surface area contributed by atoms with Gasteiger partial charge in [0.05, 0.1) is 13.2 Å². The number of imidazole rings is 2. The molecule has 0 saturated carbocycles. The second-order valence-corrected chi connectivity index (χ2v) is 3.18. The molecule has 0 atom stereocenters. The Labute approximate surface area is 87.9 Å². The van der Waals surface area contributed by atoms with E-state index in [0.29, 0.717) is 13.2 Å². The molecule has 0 saturated heterocycles. The van der Waals surface area contributed by atoms with E-state index >= 15 is 0 Å². The highest BCUT2D eigenvalue weighted by Crippen LogP contribution is 1.93. The Hall–Kier alpha value is -1.62. The monoisotopic (exact) mass is 206 g/mol. The molecule has 0 aliphatic heterocycles. The second kappa shape index (κ2) is 5.31. The maximum absolute atomic E-state index is 5.46.